The molecule has 0 saturated heterocycles. The third-order valence-corrected chi connectivity index (χ3v) is 3.47. The summed E-state index contributed by atoms with van der Waals surface area (Å²) in [5.41, 5.74) is 3.14. The molecule has 2 nitrogen and oxygen atoms in total. The smallest absolute Gasteiger partial charge is 0.0716 e. The van der Waals surface area contributed by atoms with Crippen molar-refractivity contribution in [1.82, 2.24) is 5.32 Å². The Bertz CT molecular complexity index is 360. The van der Waals surface area contributed by atoms with Gasteiger partial charge in [-0.1, -0.05) is 38.1 Å². The summed E-state index contributed by atoms with van der Waals surface area (Å²) in [7, 11) is 1.74. The number of hydrogen-bond acceptors (Lipinski definition) is 2. The lowest BCUT2D eigenvalue weighted by Crippen LogP contribution is -2.20. The van der Waals surface area contributed by atoms with E-state index in [4.69, 9.17) is 4.74 Å². The molecule has 1 aromatic carbocycles. The molecule has 1 N–H and O–H groups in total. The van der Waals surface area contributed by atoms with Crippen LogP contribution in [0.25, 0.3) is 0 Å². The van der Waals surface area contributed by atoms with Crippen molar-refractivity contribution < 1.29 is 4.74 Å². The van der Waals surface area contributed by atoms with Gasteiger partial charge >= 0.3 is 0 Å². The second kappa shape index (κ2) is 4.56. The largest absolute Gasteiger partial charge is 0.380 e. The number of ether oxygens (including phenoxy) is 1. The van der Waals surface area contributed by atoms with E-state index in [1.165, 1.54) is 17.5 Å². The Hall–Kier alpha value is -0.860. The molecule has 1 aliphatic rings. The zero-order valence-corrected chi connectivity index (χ0v) is 10.4. The van der Waals surface area contributed by atoms with E-state index >= 15 is 0 Å². The second-order valence-electron chi connectivity index (χ2n) is 5.33. The van der Waals surface area contributed by atoms with Gasteiger partial charge in [0.2, 0.25) is 0 Å². The van der Waals surface area contributed by atoms with Gasteiger partial charge in [-0.2, -0.15) is 0 Å². The minimum Gasteiger partial charge on any atom is -0.380 e. The molecule has 1 aliphatic carbocycles. The van der Waals surface area contributed by atoms with Crippen LogP contribution in [-0.4, -0.2) is 13.2 Å². The van der Waals surface area contributed by atoms with Gasteiger partial charge < -0.3 is 10.1 Å². The minimum atomic E-state index is 0.496. The van der Waals surface area contributed by atoms with E-state index in [0.717, 1.165) is 6.54 Å². The maximum Gasteiger partial charge on any atom is 0.0716 e. The maximum atomic E-state index is 5.20. The fourth-order valence-corrected chi connectivity index (χ4v) is 2.08. The summed E-state index contributed by atoms with van der Waals surface area (Å²) in [4.78, 5) is 0. The molecule has 0 bridgehead atoms. The number of methoxy groups -OCH3 is 1. The van der Waals surface area contributed by atoms with Gasteiger partial charge in [0.25, 0.3) is 0 Å². The third-order valence-electron chi connectivity index (χ3n) is 3.47. The monoisotopic (exact) mass is 219 g/mol. The molecule has 2 rings (SSSR count). The normalized spacial score (nSPS) is 22.1. The fourth-order valence-electron chi connectivity index (χ4n) is 2.08. The summed E-state index contributed by atoms with van der Waals surface area (Å²) < 4.78 is 5.20. The van der Waals surface area contributed by atoms with E-state index in [1.54, 1.807) is 7.11 Å². The quantitative estimate of drug-likeness (QED) is 0.822. The lowest BCUT2D eigenvalue weighted by atomic mass is 10.1. The number of rotatable bonds is 5. The van der Waals surface area contributed by atoms with Crippen molar-refractivity contribution in [3.05, 3.63) is 35.4 Å². The Balaban J connectivity index is 1.93. The molecule has 1 saturated carbocycles. The van der Waals surface area contributed by atoms with Crippen LogP contribution in [0, 0.1) is 5.41 Å². The molecule has 0 heterocycles. The molecule has 0 aromatic heterocycles. The molecular formula is C14H21NO. The predicted molar refractivity (Wildman–Crippen MR) is 66.2 cm³/mol. The highest BCUT2D eigenvalue weighted by atomic mass is 16.5. The molecule has 88 valence electrons. The van der Waals surface area contributed by atoms with Gasteiger partial charge in [0.15, 0.2) is 0 Å². The summed E-state index contributed by atoms with van der Waals surface area (Å²) in [6, 6.07) is 9.16. The van der Waals surface area contributed by atoms with Crippen LogP contribution >= 0.6 is 0 Å². The maximum absolute atomic E-state index is 5.20. The van der Waals surface area contributed by atoms with Crippen molar-refractivity contribution in [2.45, 2.75) is 39.5 Å². The van der Waals surface area contributed by atoms with Crippen molar-refractivity contribution in [2.75, 3.05) is 7.11 Å². The third kappa shape index (κ3) is 2.63. The summed E-state index contributed by atoms with van der Waals surface area (Å²) in [6.07, 6.45) is 1.29. The van der Waals surface area contributed by atoms with Crippen molar-refractivity contribution in [3.8, 4) is 0 Å². The van der Waals surface area contributed by atoms with Crippen LogP contribution < -0.4 is 5.32 Å². The standard InChI is InChI=1S/C14H21NO/c1-14(2)8-13(14)15-9-11-6-4-5-7-12(11)10-16-3/h4-7,13,15H,8-10H2,1-3H3. The Kier molecular flexibility index (Phi) is 3.31. The van der Waals surface area contributed by atoms with Crippen LogP contribution in [0.5, 0.6) is 0 Å². The first kappa shape index (κ1) is 11.6. The Morgan fingerprint density at radius 2 is 1.94 bits per heavy atom. The minimum absolute atomic E-state index is 0.496. The highest BCUT2D eigenvalue weighted by Gasteiger charge is 2.44. The highest BCUT2D eigenvalue weighted by Crippen LogP contribution is 2.44. The summed E-state index contributed by atoms with van der Waals surface area (Å²) >= 11 is 0. The highest BCUT2D eigenvalue weighted by molar-refractivity contribution is 5.26. The van der Waals surface area contributed by atoms with Gasteiger partial charge in [-0.15, -0.1) is 0 Å². The van der Waals surface area contributed by atoms with Crippen molar-refractivity contribution >= 4 is 0 Å². The molecule has 1 unspecified atom stereocenters. The molecule has 0 radical (unpaired) electrons. The van der Waals surface area contributed by atoms with Gasteiger partial charge in [-0.25, -0.2) is 0 Å². The molecule has 2 heteroatoms. The zero-order valence-electron chi connectivity index (χ0n) is 10.4. The first-order valence-corrected chi connectivity index (χ1v) is 5.92. The van der Waals surface area contributed by atoms with Crippen LogP contribution in [0.2, 0.25) is 0 Å². The topological polar surface area (TPSA) is 21.3 Å². The Morgan fingerprint density at radius 3 is 2.50 bits per heavy atom. The molecule has 16 heavy (non-hydrogen) atoms. The molecule has 1 aromatic rings. The molecule has 1 atom stereocenters. The Morgan fingerprint density at radius 1 is 1.31 bits per heavy atom. The predicted octanol–water partition coefficient (Wildman–Crippen LogP) is 2.72. The van der Waals surface area contributed by atoms with Crippen molar-refractivity contribution in [3.63, 3.8) is 0 Å². The average Bonchev–Trinajstić information content (AvgIpc) is 2.86. The van der Waals surface area contributed by atoms with Gasteiger partial charge in [-0.3, -0.25) is 0 Å². The molecule has 0 amide bonds. The fraction of sp³-hybridized carbons (Fsp3) is 0.571. The SMILES string of the molecule is COCc1ccccc1CNC1CC1(C)C. The number of hydrogen-bond donors (Lipinski definition) is 1. The lowest BCUT2D eigenvalue weighted by Gasteiger charge is -2.10. The lowest BCUT2D eigenvalue weighted by molar-refractivity contribution is 0.184. The number of nitrogens with one attached hydrogen (secondary N) is 1. The van der Waals surface area contributed by atoms with Crippen LogP contribution in [0.3, 0.4) is 0 Å². The van der Waals surface area contributed by atoms with E-state index < -0.39 is 0 Å². The van der Waals surface area contributed by atoms with Crippen LogP contribution in [0.4, 0.5) is 0 Å². The van der Waals surface area contributed by atoms with Crippen LogP contribution in [-0.2, 0) is 17.9 Å². The van der Waals surface area contributed by atoms with Crippen LogP contribution in [0.1, 0.15) is 31.4 Å². The van der Waals surface area contributed by atoms with Gasteiger partial charge in [0, 0.05) is 19.7 Å². The second-order valence-corrected chi connectivity index (χ2v) is 5.33. The molecular weight excluding hydrogens is 198 g/mol. The van der Waals surface area contributed by atoms with Gasteiger partial charge in [0.05, 0.1) is 6.61 Å². The van der Waals surface area contributed by atoms with Gasteiger partial charge in [-0.05, 0) is 23.0 Å². The summed E-state index contributed by atoms with van der Waals surface area (Å²) in [5.74, 6) is 0. The average molecular weight is 219 g/mol. The van der Waals surface area contributed by atoms with E-state index in [-0.39, 0.29) is 0 Å². The summed E-state index contributed by atoms with van der Waals surface area (Å²) in [5, 5.41) is 3.61. The van der Waals surface area contributed by atoms with E-state index in [9.17, 15) is 0 Å². The molecule has 1 fully saturated rings. The molecule has 0 aliphatic heterocycles. The van der Waals surface area contributed by atoms with Gasteiger partial charge in [0.1, 0.15) is 0 Å². The number of benzene rings is 1. The van der Waals surface area contributed by atoms with E-state index in [1.807, 2.05) is 0 Å². The zero-order chi connectivity index (χ0) is 11.6. The first-order valence-electron chi connectivity index (χ1n) is 5.92. The van der Waals surface area contributed by atoms with Crippen molar-refractivity contribution in [2.24, 2.45) is 5.41 Å². The van der Waals surface area contributed by atoms with E-state index in [0.29, 0.717) is 18.1 Å². The van der Waals surface area contributed by atoms with E-state index in [2.05, 4.69) is 43.4 Å². The molecule has 0 spiro atoms. The Labute approximate surface area is 98.0 Å². The summed E-state index contributed by atoms with van der Waals surface area (Å²) in [6.45, 7) is 6.27. The van der Waals surface area contributed by atoms with Crippen molar-refractivity contribution in [1.29, 1.82) is 0 Å². The first-order chi connectivity index (χ1) is 7.63. The van der Waals surface area contributed by atoms with Crippen LogP contribution in [0.15, 0.2) is 24.3 Å².